The summed E-state index contributed by atoms with van der Waals surface area (Å²) in [7, 11) is 0. The van der Waals surface area contributed by atoms with Crippen LogP contribution in [0, 0.1) is 0 Å². The van der Waals surface area contributed by atoms with Crippen LogP contribution in [0.2, 0.25) is 0 Å². The summed E-state index contributed by atoms with van der Waals surface area (Å²) >= 11 is 1.39. The van der Waals surface area contributed by atoms with Crippen LogP contribution < -0.4 is 10.3 Å². The van der Waals surface area contributed by atoms with E-state index in [9.17, 15) is 4.79 Å². The number of benzene rings is 1. The molecule has 16 heavy (non-hydrogen) atoms. The maximum atomic E-state index is 11.4. The molecule has 1 aromatic carbocycles. The van der Waals surface area contributed by atoms with E-state index in [1.165, 1.54) is 11.5 Å². The molecule has 1 heterocycles. The third-order valence-corrected chi connectivity index (χ3v) is 2.98. The fourth-order valence-corrected chi connectivity index (χ4v) is 2.06. The van der Waals surface area contributed by atoms with Crippen LogP contribution in [-0.4, -0.2) is 10.6 Å². The van der Waals surface area contributed by atoms with Gasteiger partial charge in [-0.2, -0.15) is 0 Å². The molecule has 0 radical (unpaired) electrons. The van der Waals surface area contributed by atoms with Crippen LogP contribution in [0.5, 0.6) is 5.75 Å². The fourth-order valence-electron chi connectivity index (χ4n) is 1.35. The molecule has 4 heteroatoms. The minimum Gasteiger partial charge on any atom is -0.494 e. The summed E-state index contributed by atoms with van der Waals surface area (Å²) < 4.78 is 7.12. The summed E-state index contributed by atoms with van der Waals surface area (Å²) in [5.41, 5.74) is 0.885. The Hall–Kier alpha value is -1.55. The van der Waals surface area contributed by atoms with E-state index in [0.717, 1.165) is 24.5 Å². The average molecular weight is 235 g/mol. The van der Waals surface area contributed by atoms with Gasteiger partial charge in [0.15, 0.2) is 0 Å². The van der Waals surface area contributed by atoms with E-state index in [1.807, 2.05) is 24.3 Å². The number of hydrogen-bond acceptors (Lipinski definition) is 3. The van der Waals surface area contributed by atoms with Crippen LogP contribution in [0.15, 0.2) is 40.5 Å². The van der Waals surface area contributed by atoms with Crippen molar-refractivity contribution >= 4 is 11.5 Å². The summed E-state index contributed by atoms with van der Waals surface area (Å²) in [6, 6.07) is 9.12. The van der Waals surface area contributed by atoms with Gasteiger partial charge in [-0.3, -0.25) is 4.79 Å². The van der Waals surface area contributed by atoms with E-state index in [2.05, 4.69) is 6.92 Å². The second kappa shape index (κ2) is 4.99. The van der Waals surface area contributed by atoms with Gasteiger partial charge in [0.05, 0.1) is 12.3 Å². The van der Waals surface area contributed by atoms with E-state index < -0.39 is 0 Å². The molecular weight excluding hydrogens is 222 g/mol. The van der Waals surface area contributed by atoms with E-state index in [0.29, 0.717) is 0 Å². The number of ether oxygens (including phenoxy) is 1. The Balaban J connectivity index is 2.20. The normalized spacial score (nSPS) is 10.3. The Labute approximate surface area is 98.1 Å². The van der Waals surface area contributed by atoms with Gasteiger partial charge >= 0.3 is 0 Å². The third kappa shape index (κ3) is 2.33. The highest BCUT2D eigenvalue weighted by Crippen LogP contribution is 2.15. The maximum absolute atomic E-state index is 11.4. The second-order valence-corrected chi connectivity index (χ2v) is 4.23. The molecule has 2 aromatic rings. The van der Waals surface area contributed by atoms with Crippen LogP contribution in [0.4, 0.5) is 0 Å². The average Bonchev–Trinajstić information content (AvgIpc) is 2.74. The van der Waals surface area contributed by atoms with E-state index >= 15 is 0 Å². The Morgan fingerprint density at radius 1 is 1.25 bits per heavy atom. The topological polar surface area (TPSA) is 31.2 Å². The Morgan fingerprint density at radius 2 is 2.00 bits per heavy atom. The third-order valence-electron chi connectivity index (χ3n) is 2.12. The van der Waals surface area contributed by atoms with Gasteiger partial charge in [0.2, 0.25) is 0 Å². The molecule has 0 amide bonds. The van der Waals surface area contributed by atoms with Gasteiger partial charge in [0.1, 0.15) is 5.75 Å². The van der Waals surface area contributed by atoms with Crippen LogP contribution in [0.3, 0.4) is 0 Å². The molecule has 0 aliphatic carbocycles. The molecule has 2 rings (SSSR count). The first-order valence-electron chi connectivity index (χ1n) is 5.21. The molecule has 1 aromatic heterocycles. The molecule has 0 fully saturated rings. The monoisotopic (exact) mass is 235 g/mol. The molecule has 0 aliphatic rings. The van der Waals surface area contributed by atoms with Gasteiger partial charge in [-0.25, -0.2) is 3.96 Å². The molecule has 0 unspecified atom stereocenters. The molecule has 3 nitrogen and oxygen atoms in total. The smallest absolute Gasteiger partial charge is 0.265 e. The quantitative estimate of drug-likeness (QED) is 0.816. The largest absolute Gasteiger partial charge is 0.494 e. The van der Waals surface area contributed by atoms with E-state index in [4.69, 9.17) is 4.74 Å². The lowest BCUT2D eigenvalue weighted by molar-refractivity contribution is 0.317. The predicted molar refractivity (Wildman–Crippen MR) is 65.7 cm³/mol. The maximum Gasteiger partial charge on any atom is 0.265 e. The number of nitrogens with zero attached hydrogens (tertiary/aromatic N) is 1. The van der Waals surface area contributed by atoms with Gasteiger partial charge in [-0.05, 0) is 30.7 Å². The molecule has 0 atom stereocenters. The van der Waals surface area contributed by atoms with Crippen LogP contribution in [0.25, 0.3) is 5.69 Å². The van der Waals surface area contributed by atoms with Gasteiger partial charge in [0.25, 0.3) is 5.56 Å². The molecule has 0 spiro atoms. The van der Waals surface area contributed by atoms with Crippen molar-refractivity contribution in [3.05, 3.63) is 46.1 Å². The lowest BCUT2D eigenvalue weighted by Gasteiger charge is -2.05. The lowest BCUT2D eigenvalue weighted by atomic mass is 10.3. The summed E-state index contributed by atoms with van der Waals surface area (Å²) in [5.74, 6) is 0.843. The summed E-state index contributed by atoms with van der Waals surface area (Å²) in [6.07, 6.45) is 0.992. The summed E-state index contributed by atoms with van der Waals surface area (Å²) in [4.78, 5) is 11.4. The summed E-state index contributed by atoms with van der Waals surface area (Å²) in [6.45, 7) is 2.79. The highest BCUT2D eigenvalue weighted by molar-refractivity contribution is 7.04. The standard InChI is InChI=1S/C12H13NO2S/c1-2-8-15-11-5-3-10(4-6-11)13-12(14)7-9-16-13/h3-7,9H,2,8H2,1H3. The molecule has 0 aliphatic heterocycles. The van der Waals surface area contributed by atoms with E-state index in [1.54, 1.807) is 15.4 Å². The number of rotatable bonds is 4. The van der Waals surface area contributed by atoms with Crippen LogP contribution in [0.1, 0.15) is 13.3 Å². The molecular formula is C12H13NO2S. The van der Waals surface area contributed by atoms with Gasteiger partial charge < -0.3 is 4.74 Å². The number of hydrogen-bond donors (Lipinski definition) is 0. The molecule has 0 N–H and O–H groups in total. The minimum atomic E-state index is 0.00669. The first-order valence-corrected chi connectivity index (χ1v) is 6.05. The summed E-state index contributed by atoms with van der Waals surface area (Å²) in [5, 5.41) is 1.78. The van der Waals surface area contributed by atoms with Crippen molar-refractivity contribution in [3.8, 4) is 11.4 Å². The Bertz CT molecular complexity index is 498. The predicted octanol–water partition coefficient (Wildman–Crippen LogP) is 2.69. The highest BCUT2D eigenvalue weighted by atomic mass is 32.1. The van der Waals surface area contributed by atoms with Crippen molar-refractivity contribution in [2.75, 3.05) is 6.61 Å². The van der Waals surface area contributed by atoms with E-state index in [-0.39, 0.29) is 5.56 Å². The Morgan fingerprint density at radius 3 is 2.56 bits per heavy atom. The van der Waals surface area contributed by atoms with Crippen molar-refractivity contribution in [2.45, 2.75) is 13.3 Å². The van der Waals surface area contributed by atoms with Crippen molar-refractivity contribution in [2.24, 2.45) is 0 Å². The molecule has 0 saturated carbocycles. The minimum absolute atomic E-state index is 0.00669. The van der Waals surface area contributed by atoms with Crippen LogP contribution >= 0.6 is 11.5 Å². The second-order valence-electron chi connectivity index (χ2n) is 3.38. The zero-order chi connectivity index (χ0) is 11.4. The first-order chi connectivity index (χ1) is 7.81. The van der Waals surface area contributed by atoms with Crippen LogP contribution in [-0.2, 0) is 0 Å². The Kier molecular flexibility index (Phi) is 3.41. The van der Waals surface area contributed by atoms with Gasteiger partial charge in [-0.15, -0.1) is 0 Å². The van der Waals surface area contributed by atoms with Gasteiger partial charge in [-0.1, -0.05) is 18.5 Å². The first kappa shape index (κ1) is 11.0. The SMILES string of the molecule is CCCOc1ccc(-n2sccc2=O)cc1. The lowest BCUT2D eigenvalue weighted by Crippen LogP contribution is -2.09. The van der Waals surface area contributed by atoms with Crippen molar-refractivity contribution in [1.82, 2.24) is 3.96 Å². The zero-order valence-corrected chi connectivity index (χ0v) is 9.87. The fraction of sp³-hybridized carbons (Fsp3) is 0.250. The molecule has 0 bridgehead atoms. The van der Waals surface area contributed by atoms with Crippen molar-refractivity contribution in [3.63, 3.8) is 0 Å². The zero-order valence-electron chi connectivity index (χ0n) is 9.05. The van der Waals surface area contributed by atoms with Crippen molar-refractivity contribution in [1.29, 1.82) is 0 Å². The molecule has 0 saturated heterocycles. The number of aromatic nitrogens is 1. The van der Waals surface area contributed by atoms with Gasteiger partial charge in [0, 0.05) is 11.4 Å². The van der Waals surface area contributed by atoms with Crippen molar-refractivity contribution < 1.29 is 4.74 Å². The highest BCUT2D eigenvalue weighted by Gasteiger charge is 2.00. The molecule has 84 valence electrons.